The second kappa shape index (κ2) is 32.6. The lowest BCUT2D eigenvalue weighted by molar-refractivity contribution is 0.399. The number of hydrogen-bond donors (Lipinski definition) is 0. The zero-order valence-electron chi connectivity index (χ0n) is 78.8. The van der Waals surface area contributed by atoms with Gasteiger partial charge >= 0.3 is 0 Å². The lowest BCUT2D eigenvalue weighted by Crippen LogP contribution is -2.27. The molecule has 660 valence electrons. The van der Waals surface area contributed by atoms with Crippen molar-refractivity contribution < 1.29 is 8.83 Å². The molecule has 134 heavy (non-hydrogen) atoms. The van der Waals surface area contributed by atoms with Gasteiger partial charge in [-0.3, -0.25) is 0 Å². The number of nitrogens with zero attached hydrogens (tertiary/aromatic N) is 1. The van der Waals surface area contributed by atoms with Crippen LogP contribution in [0.1, 0.15) is 274 Å². The number of fused-ring (bicyclic) bond motifs is 37. The molecule has 0 saturated heterocycles. The highest BCUT2D eigenvalue weighted by Crippen LogP contribution is 2.71. The lowest BCUT2D eigenvalue weighted by atomic mass is 9.68. The molecule has 18 aromatic rings. The Labute approximate surface area is 791 Å². The normalized spacial score (nSPS) is 15.1. The fourth-order valence-corrected chi connectivity index (χ4v) is 27.6. The van der Waals surface area contributed by atoms with E-state index in [1.807, 2.05) is 0 Å². The van der Waals surface area contributed by atoms with E-state index in [0.717, 1.165) is 64.8 Å². The Bertz CT molecular complexity index is 7640. The Morgan fingerprint density at radius 3 is 1.13 bits per heavy atom. The van der Waals surface area contributed by atoms with Gasteiger partial charge in [-0.25, -0.2) is 0 Å². The molecule has 2 aromatic heterocycles. The summed E-state index contributed by atoms with van der Waals surface area (Å²) in [6.45, 7) is 14.4. The van der Waals surface area contributed by atoms with E-state index in [-0.39, 0.29) is 16.2 Å². The first-order valence-corrected chi connectivity index (χ1v) is 51.3. The lowest BCUT2D eigenvalue weighted by Gasteiger charge is -2.35. The van der Waals surface area contributed by atoms with Crippen molar-refractivity contribution in [2.75, 3.05) is 4.90 Å². The van der Waals surface area contributed by atoms with E-state index in [4.69, 9.17) is 8.83 Å². The van der Waals surface area contributed by atoms with Gasteiger partial charge in [0.15, 0.2) is 0 Å². The van der Waals surface area contributed by atoms with Crippen LogP contribution in [0.3, 0.4) is 0 Å². The van der Waals surface area contributed by atoms with Crippen molar-refractivity contribution in [3.63, 3.8) is 0 Å². The molecule has 0 fully saturated rings. The molecule has 25 rings (SSSR count). The molecule has 0 amide bonds. The van der Waals surface area contributed by atoms with E-state index < -0.39 is 10.8 Å². The van der Waals surface area contributed by atoms with Crippen LogP contribution in [0.15, 0.2) is 330 Å². The molecular weight excluding hydrogens is 1620 g/mol. The summed E-state index contributed by atoms with van der Waals surface area (Å²) in [6.07, 6.45) is 29.5. The standard InChI is InChI=1S/C131H119NO2/c1-7-11-15-19-40-72-128(73-41-20-16-12-8-2)105-53-33-26-46-90(105)97-66-61-85(77-113(97)128)84-60-65-95-96-67-62-86(78-112(96)127(5,6)111(95)76-84)102-81-118-122(125-101-52-32-39-59-120(101)134-126(102)125)99-69-64-88(79-114(99)129(118,74-42-21-17-13-9-3)75-43-22-18-14-10-4)132(87-44-24-23-25-45-87)89-63-68-98-103-82-117-104(83-116(103)131(115(98)80-89)108-56-36-29-49-93(108)94-50-30-37-57-109(94)131)123-110(70-71-121-124(123)100-51-31-38-58-119(100)133-121)130(117)106-54-34-27-47-91(106)92-48-28-35-55-107(92)130/h23-39,44-71,76-83H,7-22,40-43,72-75H2,1-6H3. The Balaban J connectivity index is 0.651. The maximum absolute atomic E-state index is 7.57. The van der Waals surface area contributed by atoms with Crippen LogP contribution in [-0.4, -0.2) is 0 Å². The van der Waals surface area contributed by atoms with Crippen molar-refractivity contribution in [1.82, 2.24) is 0 Å². The Morgan fingerprint density at radius 2 is 0.582 bits per heavy atom. The second-order valence-corrected chi connectivity index (χ2v) is 41.1. The molecule has 0 bridgehead atoms. The molecule has 7 aliphatic rings. The largest absolute Gasteiger partial charge is 0.456 e. The quantitative estimate of drug-likeness (QED) is 0.0438. The first-order valence-electron chi connectivity index (χ1n) is 51.3. The van der Waals surface area contributed by atoms with Crippen LogP contribution >= 0.6 is 0 Å². The van der Waals surface area contributed by atoms with Gasteiger partial charge in [-0.15, -0.1) is 0 Å². The maximum atomic E-state index is 7.57. The van der Waals surface area contributed by atoms with Gasteiger partial charge in [0, 0.05) is 60.4 Å². The summed E-state index contributed by atoms with van der Waals surface area (Å²) in [6, 6.07) is 127. The molecule has 2 spiro atoms. The van der Waals surface area contributed by atoms with E-state index in [2.05, 4.69) is 368 Å². The van der Waals surface area contributed by atoms with Crippen LogP contribution in [0.4, 0.5) is 17.1 Å². The highest BCUT2D eigenvalue weighted by molar-refractivity contribution is 6.20. The summed E-state index contributed by atoms with van der Waals surface area (Å²) in [4.78, 5) is 2.63. The average molecular weight is 1740 g/mol. The van der Waals surface area contributed by atoms with Gasteiger partial charge in [-0.2, -0.15) is 0 Å². The highest BCUT2D eigenvalue weighted by atomic mass is 16.3. The number of rotatable bonds is 29. The fraction of sp³-hybridized carbons (Fsp3) is 0.267. The van der Waals surface area contributed by atoms with Gasteiger partial charge in [0.2, 0.25) is 0 Å². The summed E-state index contributed by atoms with van der Waals surface area (Å²) in [7, 11) is 0. The SMILES string of the molecule is CCCCCCCC1(CCCCCCC)c2ccccc2-c2ccc(-c3ccc4c(c3)C(C)(C)c3cc(-c5cc6c(c7c5oc5ccccc57)-c5ccc(N(c7ccccc7)c7ccc8c(c7)C7(c9ccccc9-c9ccccc97)c7cc9c(cc7-8)C7(c8ccccc8-c8ccccc87)c7ccc8oc%10ccccc%10c8c7-9)cc5C6(CCCCCCC)CCCCCCC)ccc3-4)cc21. The van der Waals surface area contributed by atoms with Crippen molar-refractivity contribution in [1.29, 1.82) is 0 Å². The summed E-state index contributed by atoms with van der Waals surface area (Å²) in [5.41, 5.74) is 48.3. The van der Waals surface area contributed by atoms with Crippen molar-refractivity contribution in [2.24, 2.45) is 0 Å². The minimum Gasteiger partial charge on any atom is -0.456 e. The van der Waals surface area contributed by atoms with Crippen LogP contribution in [-0.2, 0) is 27.1 Å². The van der Waals surface area contributed by atoms with Crippen LogP contribution in [0.25, 0.3) is 144 Å². The Kier molecular flexibility index (Phi) is 20.2. The zero-order valence-corrected chi connectivity index (χ0v) is 78.8. The number of para-hydroxylation sites is 3. The van der Waals surface area contributed by atoms with Crippen LogP contribution < -0.4 is 4.90 Å². The molecule has 3 nitrogen and oxygen atoms in total. The number of hydrogen-bond acceptors (Lipinski definition) is 3. The first-order chi connectivity index (χ1) is 66.0. The number of anilines is 3. The molecule has 7 aliphatic carbocycles. The number of unbranched alkanes of at least 4 members (excludes halogenated alkanes) is 16. The molecule has 0 aliphatic heterocycles. The van der Waals surface area contributed by atoms with Crippen LogP contribution in [0.2, 0.25) is 0 Å². The molecular formula is C131H119NO2. The van der Waals surface area contributed by atoms with Crippen LogP contribution in [0.5, 0.6) is 0 Å². The Hall–Kier alpha value is -13.1. The van der Waals surface area contributed by atoms with E-state index in [1.54, 1.807) is 11.1 Å². The van der Waals surface area contributed by atoms with Gasteiger partial charge < -0.3 is 13.7 Å². The third kappa shape index (κ3) is 12.1. The van der Waals surface area contributed by atoms with E-state index in [9.17, 15) is 0 Å². The summed E-state index contributed by atoms with van der Waals surface area (Å²) in [5, 5.41) is 4.76. The topological polar surface area (TPSA) is 29.5 Å². The predicted octanol–water partition coefficient (Wildman–Crippen LogP) is 37.3. The van der Waals surface area contributed by atoms with Gasteiger partial charge in [-0.05, 0) is 289 Å². The predicted molar refractivity (Wildman–Crippen MR) is 563 cm³/mol. The molecule has 0 saturated carbocycles. The van der Waals surface area contributed by atoms with Gasteiger partial charge in [0.25, 0.3) is 0 Å². The van der Waals surface area contributed by atoms with Crippen molar-refractivity contribution in [3.05, 3.63) is 399 Å². The Morgan fingerprint density at radius 1 is 0.216 bits per heavy atom. The van der Waals surface area contributed by atoms with Gasteiger partial charge in [-0.1, -0.05) is 400 Å². The molecule has 0 N–H and O–H groups in total. The molecule has 3 heteroatoms. The van der Waals surface area contributed by atoms with Crippen molar-refractivity contribution in [2.45, 2.75) is 223 Å². The zero-order chi connectivity index (χ0) is 89.8. The molecule has 0 unspecified atom stereocenters. The van der Waals surface area contributed by atoms with E-state index in [0.29, 0.717) is 0 Å². The fourth-order valence-electron chi connectivity index (χ4n) is 27.6. The number of furan rings is 2. The molecule has 2 heterocycles. The number of benzene rings is 16. The third-order valence-corrected chi connectivity index (χ3v) is 33.7. The van der Waals surface area contributed by atoms with Gasteiger partial charge in [0.05, 0.1) is 10.8 Å². The summed E-state index contributed by atoms with van der Waals surface area (Å²) in [5.74, 6) is 0. The van der Waals surface area contributed by atoms with Gasteiger partial charge in [0.1, 0.15) is 22.3 Å². The molecule has 16 aromatic carbocycles. The maximum Gasteiger partial charge on any atom is 0.143 e. The smallest absolute Gasteiger partial charge is 0.143 e. The minimum absolute atomic E-state index is 0.0134. The molecule has 0 atom stereocenters. The van der Waals surface area contributed by atoms with Crippen LogP contribution in [0, 0.1) is 0 Å². The first kappa shape index (κ1) is 82.8. The highest BCUT2D eigenvalue weighted by Gasteiger charge is 2.58. The van der Waals surface area contributed by atoms with Crippen molar-refractivity contribution >= 4 is 60.9 Å². The monoisotopic (exact) mass is 1740 g/mol. The summed E-state index contributed by atoms with van der Waals surface area (Å²) < 4.78 is 14.5. The van der Waals surface area contributed by atoms with Crippen molar-refractivity contribution in [3.8, 4) is 100 Å². The average Bonchev–Trinajstić information content (AvgIpc) is 1.50. The second-order valence-electron chi connectivity index (χ2n) is 41.1. The van der Waals surface area contributed by atoms with E-state index >= 15 is 0 Å². The summed E-state index contributed by atoms with van der Waals surface area (Å²) >= 11 is 0. The van der Waals surface area contributed by atoms with E-state index in [1.165, 1.54) is 317 Å². The molecule has 0 radical (unpaired) electrons. The minimum atomic E-state index is -0.701. The third-order valence-electron chi connectivity index (χ3n) is 33.7.